The third-order valence-electron chi connectivity index (χ3n) is 3.19. The zero-order valence-electron chi connectivity index (χ0n) is 11.8. The molecule has 0 aliphatic heterocycles. The highest BCUT2D eigenvalue weighted by atomic mass is 32.2. The lowest BCUT2D eigenvalue weighted by Crippen LogP contribution is -2.30. The molecule has 0 saturated carbocycles. The number of hydrogen-bond donors (Lipinski definition) is 2. The Morgan fingerprint density at radius 3 is 2.47 bits per heavy atom. The zero-order chi connectivity index (χ0) is 14.8. The van der Waals surface area contributed by atoms with Gasteiger partial charge in [0.15, 0.2) is 0 Å². The summed E-state index contributed by atoms with van der Waals surface area (Å²) in [7, 11) is -2.06. The van der Waals surface area contributed by atoms with Crippen molar-refractivity contribution in [2.45, 2.75) is 38.2 Å². The molecule has 5 nitrogen and oxygen atoms in total. The Labute approximate surface area is 115 Å². The van der Waals surface area contributed by atoms with Crippen molar-refractivity contribution in [1.29, 1.82) is 0 Å². The maximum atomic E-state index is 12.5. The largest absolute Gasteiger partial charge is 0.399 e. The molecule has 0 radical (unpaired) electrons. The molecule has 6 heteroatoms. The minimum atomic E-state index is -3.57. The lowest BCUT2D eigenvalue weighted by molar-refractivity contribution is 0.177. The summed E-state index contributed by atoms with van der Waals surface area (Å²) in [6, 6.07) is 3.24. The van der Waals surface area contributed by atoms with Crippen LogP contribution in [0.5, 0.6) is 0 Å². The minimum Gasteiger partial charge on any atom is -0.399 e. The van der Waals surface area contributed by atoms with Crippen molar-refractivity contribution in [2.75, 3.05) is 19.3 Å². The Morgan fingerprint density at radius 1 is 1.37 bits per heavy atom. The quantitative estimate of drug-likeness (QED) is 0.799. The van der Waals surface area contributed by atoms with Gasteiger partial charge in [-0.2, -0.15) is 0 Å². The molecular weight excluding hydrogens is 264 g/mol. The van der Waals surface area contributed by atoms with Gasteiger partial charge in [0.2, 0.25) is 10.0 Å². The molecular formula is C13H22N2O3S. The summed E-state index contributed by atoms with van der Waals surface area (Å²) in [4.78, 5) is 0.234. The summed E-state index contributed by atoms with van der Waals surface area (Å²) < 4.78 is 26.2. The molecule has 19 heavy (non-hydrogen) atoms. The molecule has 0 fully saturated rings. The summed E-state index contributed by atoms with van der Waals surface area (Å²) in [6.07, 6.45) is -0.128. The van der Waals surface area contributed by atoms with Gasteiger partial charge in [0.05, 0.1) is 11.0 Å². The molecule has 1 aromatic rings. The fourth-order valence-electron chi connectivity index (χ4n) is 1.78. The summed E-state index contributed by atoms with van der Waals surface area (Å²) in [5.41, 5.74) is 7.72. The molecule has 0 saturated heterocycles. The molecule has 1 rings (SSSR count). The van der Waals surface area contributed by atoms with Crippen molar-refractivity contribution >= 4 is 15.7 Å². The van der Waals surface area contributed by atoms with E-state index >= 15 is 0 Å². The van der Waals surface area contributed by atoms with Crippen LogP contribution in [0.1, 0.15) is 24.5 Å². The summed E-state index contributed by atoms with van der Waals surface area (Å²) in [5.74, 6) is 0. The van der Waals surface area contributed by atoms with Gasteiger partial charge < -0.3 is 10.8 Å². The number of nitrogen functional groups attached to an aromatic ring is 1. The van der Waals surface area contributed by atoms with Gasteiger partial charge in [-0.3, -0.25) is 0 Å². The van der Waals surface area contributed by atoms with E-state index in [1.807, 2.05) is 6.92 Å². The molecule has 0 amide bonds. The molecule has 108 valence electrons. The Morgan fingerprint density at radius 2 is 1.95 bits per heavy atom. The van der Waals surface area contributed by atoms with E-state index in [1.54, 1.807) is 19.9 Å². The van der Waals surface area contributed by atoms with E-state index in [0.717, 1.165) is 5.56 Å². The van der Waals surface area contributed by atoms with Gasteiger partial charge in [0, 0.05) is 19.3 Å². The Kier molecular flexibility index (Phi) is 4.95. The number of aliphatic hydroxyl groups excluding tert-OH is 1. The van der Waals surface area contributed by atoms with Crippen molar-refractivity contribution in [2.24, 2.45) is 0 Å². The second kappa shape index (κ2) is 5.90. The van der Waals surface area contributed by atoms with Gasteiger partial charge in [-0.1, -0.05) is 0 Å². The van der Waals surface area contributed by atoms with Crippen molar-refractivity contribution in [3.05, 3.63) is 23.3 Å². The molecule has 0 bridgehead atoms. The first-order valence-electron chi connectivity index (χ1n) is 6.17. The van der Waals surface area contributed by atoms with Crippen molar-refractivity contribution in [3.63, 3.8) is 0 Å². The van der Waals surface area contributed by atoms with Gasteiger partial charge in [0.25, 0.3) is 0 Å². The van der Waals surface area contributed by atoms with Crippen LogP contribution >= 0.6 is 0 Å². The molecule has 3 N–H and O–H groups in total. The number of aliphatic hydroxyl groups is 1. The second-order valence-corrected chi connectivity index (χ2v) is 6.94. The van der Waals surface area contributed by atoms with Crippen LogP contribution in [0.2, 0.25) is 0 Å². The minimum absolute atomic E-state index is 0.234. The second-order valence-electron chi connectivity index (χ2n) is 4.93. The third-order valence-corrected chi connectivity index (χ3v) is 5.18. The van der Waals surface area contributed by atoms with Gasteiger partial charge in [-0.15, -0.1) is 0 Å². The van der Waals surface area contributed by atoms with E-state index in [-0.39, 0.29) is 11.4 Å². The first-order chi connectivity index (χ1) is 8.66. The van der Waals surface area contributed by atoms with Crippen LogP contribution in [0.25, 0.3) is 0 Å². The number of nitrogens with two attached hydrogens (primary N) is 1. The first-order valence-corrected chi connectivity index (χ1v) is 7.61. The normalized spacial score (nSPS) is 13.8. The average molecular weight is 286 g/mol. The highest BCUT2D eigenvalue weighted by molar-refractivity contribution is 7.89. The lowest BCUT2D eigenvalue weighted by atomic mass is 10.1. The van der Waals surface area contributed by atoms with Gasteiger partial charge in [0.1, 0.15) is 0 Å². The maximum Gasteiger partial charge on any atom is 0.243 e. The summed E-state index contributed by atoms with van der Waals surface area (Å²) in [5, 5.41) is 9.24. The topological polar surface area (TPSA) is 83.6 Å². The molecule has 1 unspecified atom stereocenters. The fourth-order valence-corrected chi connectivity index (χ4v) is 3.29. The van der Waals surface area contributed by atoms with Crippen LogP contribution in [0, 0.1) is 13.8 Å². The van der Waals surface area contributed by atoms with E-state index in [9.17, 15) is 13.5 Å². The zero-order valence-corrected chi connectivity index (χ0v) is 12.7. The van der Waals surface area contributed by atoms with Crippen LogP contribution in [0.15, 0.2) is 17.0 Å². The Hall–Kier alpha value is -1.11. The highest BCUT2D eigenvalue weighted by Gasteiger charge is 2.23. The molecule has 0 aromatic heterocycles. The van der Waals surface area contributed by atoms with Gasteiger partial charge in [-0.25, -0.2) is 12.7 Å². The van der Waals surface area contributed by atoms with Crippen LogP contribution < -0.4 is 5.73 Å². The molecule has 0 aliphatic carbocycles. The van der Waals surface area contributed by atoms with E-state index in [2.05, 4.69) is 0 Å². The number of sulfonamides is 1. The lowest BCUT2D eigenvalue weighted by Gasteiger charge is -2.20. The maximum absolute atomic E-state index is 12.5. The molecule has 0 spiro atoms. The number of rotatable bonds is 5. The summed E-state index contributed by atoms with van der Waals surface area (Å²) in [6.45, 7) is 5.51. The number of anilines is 1. The predicted molar refractivity (Wildman–Crippen MR) is 76.4 cm³/mol. The Bertz CT molecular complexity index is 553. The van der Waals surface area contributed by atoms with Crippen LogP contribution in [-0.4, -0.2) is 37.5 Å². The van der Waals surface area contributed by atoms with Crippen LogP contribution in [0.3, 0.4) is 0 Å². The van der Waals surface area contributed by atoms with E-state index in [1.165, 1.54) is 17.4 Å². The number of aryl methyl sites for hydroxylation is 1. The van der Waals surface area contributed by atoms with Crippen molar-refractivity contribution in [1.82, 2.24) is 4.31 Å². The smallest absolute Gasteiger partial charge is 0.243 e. The average Bonchev–Trinajstić information content (AvgIpc) is 2.30. The van der Waals surface area contributed by atoms with Crippen molar-refractivity contribution in [3.8, 4) is 0 Å². The van der Waals surface area contributed by atoms with Crippen LogP contribution in [0.4, 0.5) is 5.69 Å². The van der Waals surface area contributed by atoms with E-state index in [4.69, 9.17) is 5.73 Å². The Balaban J connectivity index is 3.13. The van der Waals surface area contributed by atoms with E-state index in [0.29, 0.717) is 17.7 Å². The molecule has 0 aliphatic rings. The molecule has 1 aromatic carbocycles. The number of benzene rings is 1. The molecule has 1 atom stereocenters. The van der Waals surface area contributed by atoms with Gasteiger partial charge in [-0.05, 0) is 50.5 Å². The number of hydrogen-bond acceptors (Lipinski definition) is 4. The van der Waals surface area contributed by atoms with E-state index < -0.39 is 16.1 Å². The SMILES string of the molecule is Cc1cc(N)cc(S(=O)(=O)N(C)CCC(C)O)c1C. The van der Waals surface area contributed by atoms with Gasteiger partial charge >= 0.3 is 0 Å². The standard InChI is InChI=1S/C13H22N2O3S/c1-9-7-12(14)8-13(11(9)3)19(17,18)15(4)6-5-10(2)16/h7-8,10,16H,5-6,14H2,1-4H3. The number of nitrogens with zero attached hydrogens (tertiary/aromatic N) is 1. The van der Waals surface area contributed by atoms with Crippen molar-refractivity contribution < 1.29 is 13.5 Å². The third kappa shape index (κ3) is 3.68. The molecule has 0 heterocycles. The van der Waals surface area contributed by atoms with Crippen LogP contribution in [-0.2, 0) is 10.0 Å². The monoisotopic (exact) mass is 286 g/mol. The predicted octanol–water partition coefficient (Wildman–Crippen LogP) is 1.28. The first kappa shape index (κ1) is 15.9. The highest BCUT2D eigenvalue weighted by Crippen LogP contribution is 2.24. The summed E-state index contributed by atoms with van der Waals surface area (Å²) >= 11 is 0. The fraction of sp³-hybridized carbons (Fsp3) is 0.538.